The fraction of sp³-hybridized carbons (Fsp3) is 0.500. The summed E-state index contributed by atoms with van der Waals surface area (Å²) in [4.78, 5) is 13.3. The molecule has 6 heteroatoms. The maximum absolute atomic E-state index is 13.1. The molecule has 5 nitrogen and oxygen atoms in total. The molecule has 1 fully saturated rings. The van der Waals surface area contributed by atoms with Gasteiger partial charge < -0.3 is 5.11 Å². The van der Waals surface area contributed by atoms with Crippen molar-refractivity contribution in [1.82, 2.24) is 4.72 Å². The number of fused-ring (bicyclic) bond motifs is 1. The number of carbonyl (C=O) groups excluding carboxylic acids is 1. The van der Waals surface area contributed by atoms with E-state index in [0.717, 1.165) is 29.6 Å². The molecule has 28 heavy (non-hydrogen) atoms. The summed E-state index contributed by atoms with van der Waals surface area (Å²) < 4.78 is 29.0. The van der Waals surface area contributed by atoms with E-state index in [0.29, 0.717) is 5.57 Å². The zero-order valence-electron chi connectivity index (χ0n) is 17.0. The van der Waals surface area contributed by atoms with Gasteiger partial charge in [-0.05, 0) is 51.3 Å². The number of Topliss-reactive ketones (excluding diaryl/α,β-unsaturated/α-hetero) is 1. The van der Waals surface area contributed by atoms with Gasteiger partial charge >= 0.3 is 0 Å². The Morgan fingerprint density at radius 2 is 1.64 bits per heavy atom. The van der Waals surface area contributed by atoms with Crippen LogP contribution in [0.5, 0.6) is 0 Å². The van der Waals surface area contributed by atoms with Crippen molar-refractivity contribution in [3.63, 3.8) is 0 Å². The van der Waals surface area contributed by atoms with Crippen molar-refractivity contribution in [3.05, 3.63) is 52.6 Å². The molecule has 2 N–H and O–H groups in total. The number of sulfonamides is 1. The molecule has 1 saturated carbocycles. The average molecular weight is 402 g/mol. The van der Waals surface area contributed by atoms with Gasteiger partial charge in [-0.15, -0.1) is 0 Å². The van der Waals surface area contributed by atoms with Crippen molar-refractivity contribution < 1.29 is 18.3 Å². The molecule has 3 aliphatic rings. The van der Waals surface area contributed by atoms with Crippen molar-refractivity contribution in [1.29, 1.82) is 0 Å². The lowest BCUT2D eigenvalue weighted by molar-refractivity contribution is -0.137. The van der Waals surface area contributed by atoms with E-state index < -0.39 is 32.5 Å². The maximum Gasteiger partial charge on any atom is 0.241 e. The normalized spacial score (nSPS) is 30.4. The number of carbonyl (C=O) groups is 1. The van der Waals surface area contributed by atoms with Gasteiger partial charge in [-0.1, -0.05) is 43.2 Å². The van der Waals surface area contributed by atoms with Crippen LogP contribution in [-0.4, -0.2) is 31.0 Å². The van der Waals surface area contributed by atoms with Gasteiger partial charge in [-0.2, -0.15) is 0 Å². The van der Waals surface area contributed by atoms with Crippen molar-refractivity contribution in [3.8, 4) is 0 Å². The smallest absolute Gasteiger partial charge is 0.241 e. The van der Waals surface area contributed by atoms with Crippen LogP contribution in [0.1, 0.15) is 46.1 Å². The van der Waals surface area contributed by atoms with Crippen LogP contribution in [0.2, 0.25) is 0 Å². The molecule has 150 valence electrons. The number of nitrogens with one attached hydrogen (secondary N) is 1. The highest BCUT2D eigenvalue weighted by molar-refractivity contribution is 7.89. The summed E-state index contributed by atoms with van der Waals surface area (Å²) in [6.07, 6.45) is 3.30. The van der Waals surface area contributed by atoms with E-state index in [1.165, 1.54) is 0 Å². The van der Waals surface area contributed by atoms with Gasteiger partial charge in [0.05, 0.1) is 10.9 Å². The molecule has 1 spiro atoms. The van der Waals surface area contributed by atoms with E-state index in [1.807, 2.05) is 33.8 Å². The topological polar surface area (TPSA) is 83.5 Å². The Morgan fingerprint density at radius 1 is 1.07 bits per heavy atom. The molecule has 2 atom stereocenters. The van der Waals surface area contributed by atoms with Gasteiger partial charge in [-0.3, -0.25) is 4.79 Å². The molecule has 0 amide bonds. The first-order chi connectivity index (χ1) is 12.8. The van der Waals surface area contributed by atoms with Crippen LogP contribution < -0.4 is 4.72 Å². The molecule has 0 saturated heterocycles. The molecule has 1 aromatic carbocycles. The van der Waals surface area contributed by atoms with Crippen LogP contribution in [0, 0.1) is 17.8 Å². The molecule has 1 aromatic rings. The first kappa shape index (κ1) is 19.6. The largest absolute Gasteiger partial charge is 0.381 e. The number of aliphatic hydroxyl groups is 1. The van der Waals surface area contributed by atoms with Crippen LogP contribution in [0.15, 0.2) is 52.0 Å². The van der Waals surface area contributed by atoms with Gasteiger partial charge in [0.15, 0.2) is 5.78 Å². The SMILES string of the molecule is CC1=C2C(=CC(C)(C)[C@H]2NS(=O)(=O)c2ccc(C)cc2)C(=O)C(C)(O)C12CC2. The Hall–Kier alpha value is -1.76. The molecule has 0 bridgehead atoms. The number of ketones is 1. The number of benzene rings is 1. The Kier molecular flexibility index (Phi) is 3.94. The van der Waals surface area contributed by atoms with E-state index >= 15 is 0 Å². The standard InChI is InChI=1S/C22H27NO4S/c1-13-6-8-15(9-7-13)28(26,27)23-18-17-14(2)22(10-11-22)21(5,25)19(24)16(17)12-20(18,3)4/h6-9,12,18,23,25H,10-11H2,1-5H3/t18-,21?/m0/s1. The predicted octanol–water partition coefficient (Wildman–Crippen LogP) is 3.04. The van der Waals surface area contributed by atoms with Crippen molar-refractivity contribution in [2.45, 2.75) is 64.0 Å². The Morgan fingerprint density at radius 3 is 2.18 bits per heavy atom. The van der Waals surface area contributed by atoms with Crippen LogP contribution in [0.4, 0.5) is 0 Å². The number of hydrogen-bond acceptors (Lipinski definition) is 4. The van der Waals surface area contributed by atoms with Crippen molar-refractivity contribution >= 4 is 15.8 Å². The zero-order valence-corrected chi connectivity index (χ0v) is 17.8. The average Bonchev–Trinajstić information content (AvgIpc) is 3.36. The zero-order chi connectivity index (χ0) is 20.7. The highest BCUT2D eigenvalue weighted by Crippen LogP contribution is 2.65. The third-order valence-corrected chi connectivity index (χ3v) is 8.37. The van der Waals surface area contributed by atoms with E-state index in [4.69, 9.17) is 0 Å². The molecular formula is C22H27NO4S. The molecule has 0 heterocycles. The summed E-state index contributed by atoms with van der Waals surface area (Å²) in [6, 6.07) is 6.17. The van der Waals surface area contributed by atoms with Crippen LogP contribution >= 0.6 is 0 Å². The third-order valence-electron chi connectivity index (χ3n) is 6.93. The predicted molar refractivity (Wildman–Crippen MR) is 107 cm³/mol. The van der Waals surface area contributed by atoms with Crippen LogP contribution in [0.25, 0.3) is 0 Å². The summed E-state index contributed by atoms with van der Waals surface area (Å²) in [5, 5.41) is 11.0. The quantitative estimate of drug-likeness (QED) is 0.815. The molecule has 0 aromatic heterocycles. The minimum absolute atomic E-state index is 0.205. The van der Waals surface area contributed by atoms with Crippen LogP contribution in [-0.2, 0) is 14.8 Å². The summed E-state index contributed by atoms with van der Waals surface area (Å²) in [6.45, 7) is 9.28. The monoisotopic (exact) mass is 401 g/mol. The van der Waals surface area contributed by atoms with Gasteiger partial charge in [0, 0.05) is 16.4 Å². The summed E-state index contributed by atoms with van der Waals surface area (Å²) in [5.41, 5.74) is 0.536. The van der Waals surface area contributed by atoms with E-state index in [9.17, 15) is 18.3 Å². The number of hydrogen-bond donors (Lipinski definition) is 2. The minimum Gasteiger partial charge on any atom is -0.381 e. The third kappa shape index (κ3) is 2.51. The van der Waals surface area contributed by atoms with E-state index in [1.54, 1.807) is 31.2 Å². The Labute approximate surface area is 166 Å². The van der Waals surface area contributed by atoms with Gasteiger partial charge in [-0.25, -0.2) is 13.1 Å². The number of rotatable bonds is 3. The lowest BCUT2D eigenvalue weighted by Gasteiger charge is -2.40. The highest BCUT2D eigenvalue weighted by Gasteiger charge is 2.66. The second kappa shape index (κ2) is 5.65. The fourth-order valence-electron chi connectivity index (χ4n) is 4.91. The molecule has 0 radical (unpaired) electrons. The Balaban J connectivity index is 1.81. The molecule has 4 rings (SSSR count). The lowest BCUT2D eigenvalue weighted by atomic mass is 9.67. The van der Waals surface area contributed by atoms with Crippen molar-refractivity contribution in [2.24, 2.45) is 10.8 Å². The first-order valence-electron chi connectivity index (χ1n) is 9.64. The minimum atomic E-state index is -3.76. The maximum atomic E-state index is 13.1. The molecular weight excluding hydrogens is 374 g/mol. The molecule has 1 unspecified atom stereocenters. The molecule has 0 aliphatic heterocycles. The molecule has 3 aliphatic carbocycles. The highest BCUT2D eigenvalue weighted by atomic mass is 32.2. The lowest BCUT2D eigenvalue weighted by Crippen LogP contribution is -2.51. The summed E-state index contributed by atoms with van der Waals surface area (Å²) in [7, 11) is -3.76. The second-order valence-corrected chi connectivity index (χ2v) is 11.0. The Bertz CT molecular complexity index is 1040. The number of aryl methyl sites for hydroxylation is 1. The van der Waals surface area contributed by atoms with Crippen molar-refractivity contribution in [2.75, 3.05) is 0 Å². The fourth-order valence-corrected chi connectivity index (χ4v) is 6.27. The van der Waals surface area contributed by atoms with E-state index in [2.05, 4.69) is 4.72 Å². The van der Waals surface area contributed by atoms with Crippen LogP contribution in [0.3, 0.4) is 0 Å². The first-order valence-corrected chi connectivity index (χ1v) is 11.1. The second-order valence-electron chi connectivity index (χ2n) is 9.27. The van der Waals surface area contributed by atoms with Gasteiger partial charge in [0.1, 0.15) is 5.60 Å². The van der Waals surface area contributed by atoms with E-state index in [-0.39, 0.29) is 10.7 Å². The summed E-state index contributed by atoms with van der Waals surface area (Å²) >= 11 is 0. The van der Waals surface area contributed by atoms with Gasteiger partial charge in [0.25, 0.3) is 0 Å². The summed E-state index contributed by atoms with van der Waals surface area (Å²) in [5.74, 6) is -0.296. The van der Waals surface area contributed by atoms with Gasteiger partial charge in [0.2, 0.25) is 10.0 Å².